The highest BCUT2D eigenvalue weighted by molar-refractivity contribution is 7.80. The highest BCUT2D eigenvalue weighted by atomic mass is 32.1. The van der Waals surface area contributed by atoms with Gasteiger partial charge in [-0.3, -0.25) is 4.98 Å². The van der Waals surface area contributed by atoms with Gasteiger partial charge in [-0.25, -0.2) is 0 Å². The first-order chi connectivity index (χ1) is 15.9. The molecule has 4 nitrogen and oxygen atoms in total. The number of rotatable bonds is 4. The van der Waals surface area contributed by atoms with Crippen LogP contribution in [-0.2, 0) is 6.18 Å². The van der Waals surface area contributed by atoms with Crippen molar-refractivity contribution in [2.24, 2.45) is 0 Å². The van der Waals surface area contributed by atoms with Gasteiger partial charge in [0.2, 0.25) is 0 Å². The topological polar surface area (TPSA) is 33.1 Å². The molecule has 2 atom stereocenters. The molecule has 1 aliphatic heterocycles. The summed E-state index contributed by atoms with van der Waals surface area (Å²) in [4.78, 5) is 6.85. The van der Waals surface area contributed by atoms with E-state index in [0.717, 1.165) is 43.1 Å². The van der Waals surface area contributed by atoms with E-state index in [-0.39, 0.29) is 12.1 Å². The molecule has 2 unspecified atom stereocenters. The zero-order chi connectivity index (χ0) is 23.0. The predicted molar refractivity (Wildman–Crippen MR) is 125 cm³/mol. The van der Waals surface area contributed by atoms with Crippen molar-refractivity contribution >= 4 is 17.3 Å². The van der Waals surface area contributed by atoms with Gasteiger partial charge in [0, 0.05) is 29.8 Å². The molecule has 3 heterocycles. The SMILES string of the molecule is FC(F)(F)c1cccc(-n2cccc2C2C(c3ccccn3)NC(=S)N2C2CCCCC2)c1. The van der Waals surface area contributed by atoms with E-state index >= 15 is 0 Å². The molecule has 1 N–H and O–H groups in total. The van der Waals surface area contributed by atoms with Crippen LogP contribution < -0.4 is 5.32 Å². The van der Waals surface area contributed by atoms with Gasteiger partial charge in [-0.05, 0) is 67.5 Å². The van der Waals surface area contributed by atoms with E-state index < -0.39 is 11.7 Å². The van der Waals surface area contributed by atoms with Crippen LogP contribution in [0.5, 0.6) is 0 Å². The number of benzene rings is 1. The Morgan fingerprint density at radius 2 is 1.79 bits per heavy atom. The van der Waals surface area contributed by atoms with E-state index in [2.05, 4.69) is 15.2 Å². The van der Waals surface area contributed by atoms with Crippen molar-refractivity contribution in [3.8, 4) is 5.69 Å². The number of thiocarbonyl (C=S) groups is 1. The zero-order valence-corrected chi connectivity index (χ0v) is 18.8. The van der Waals surface area contributed by atoms with Crippen molar-refractivity contribution in [3.05, 3.63) is 83.9 Å². The van der Waals surface area contributed by atoms with E-state index in [0.29, 0.717) is 16.8 Å². The Morgan fingerprint density at radius 3 is 2.52 bits per heavy atom. The van der Waals surface area contributed by atoms with E-state index in [1.54, 1.807) is 12.3 Å². The lowest BCUT2D eigenvalue weighted by Crippen LogP contribution is -2.40. The number of halogens is 3. The molecule has 33 heavy (non-hydrogen) atoms. The Labute approximate surface area is 196 Å². The maximum atomic E-state index is 13.4. The van der Waals surface area contributed by atoms with E-state index in [1.165, 1.54) is 18.6 Å². The lowest BCUT2D eigenvalue weighted by Gasteiger charge is -2.37. The van der Waals surface area contributed by atoms with Gasteiger partial charge >= 0.3 is 6.18 Å². The Bertz CT molecular complexity index is 1120. The molecular weight excluding hydrogens is 445 g/mol. The van der Waals surface area contributed by atoms with Crippen LogP contribution in [0.15, 0.2) is 67.0 Å². The highest BCUT2D eigenvalue weighted by Crippen LogP contribution is 2.43. The minimum atomic E-state index is -4.40. The number of nitrogens with one attached hydrogen (secondary N) is 1. The number of alkyl halides is 3. The van der Waals surface area contributed by atoms with Crippen LogP contribution in [0.25, 0.3) is 5.69 Å². The Hall–Kier alpha value is -2.87. The van der Waals surface area contributed by atoms with Crippen molar-refractivity contribution in [2.75, 3.05) is 0 Å². The lowest BCUT2D eigenvalue weighted by atomic mass is 9.92. The minimum Gasteiger partial charge on any atom is -0.352 e. The second-order valence-corrected chi connectivity index (χ2v) is 9.06. The summed E-state index contributed by atoms with van der Waals surface area (Å²) in [6, 6.07) is 15.0. The van der Waals surface area contributed by atoms with Crippen molar-refractivity contribution < 1.29 is 13.2 Å². The molecule has 0 bridgehead atoms. The van der Waals surface area contributed by atoms with E-state index in [1.807, 2.05) is 41.1 Å². The van der Waals surface area contributed by atoms with Crippen molar-refractivity contribution in [1.29, 1.82) is 0 Å². The first kappa shape index (κ1) is 21.9. The summed E-state index contributed by atoms with van der Waals surface area (Å²) in [5, 5.41) is 4.15. The molecule has 1 saturated heterocycles. The van der Waals surface area contributed by atoms with Gasteiger partial charge in [0.15, 0.2) is 5.11 Å². The molecule has 0 amide bonds. The van der Waals surface area contributed by atoms with Gasteiger partial charge in [-0.15, -0.1) is 0 Å². The Kier molecular flexibility index (Phi) is 5.86. The van der Waals surface area contributed by atoms with Crippen LogP contribution >= 0.6 is 12.2 Å². The van der Waals surface area contributed by atoms with E-state index in [9.17, 15) is 13.2 Å². The molecule has 1 aliphatic carbocycles. The molecule has 1 saturated carbocycles. The third-order valence-electron chi connectivity index (χ3n) is 6.64. The molecule has 0 radical (unpaired) electrons. The minimum absolute atomic E-state index is 0.181. The smallest absolute Gasteiger partial charge is 0.352 e. The average Bonchev–Trinajstić information content (AvgIpc) is 3.44. The van der Waals surface area contributed by atoms with Crippen LogP contribution in [0.4, 0.5) is 13.2 Å². The maximum absolute atomic E-state index is 13.4. The Balaban J connectivity index is 1.60. The van der Waals surface area contributed by atoms with Gasteiger partial charge in [0.05, 0.1) is 23.3 Å². The van der Waals surface area contributed by atoms with Gasteiger partial charge in [0.25, 0.3) is 0 Å². The first-order valence-corrected chi connectivity index (χ1v) is 11.7. The first-order valence-electron chi connectivity index (χ1n) is 11.3. The molecule has 5 rings (SSSR count). The Morgan fingerprint density at radius 1 is 0.970 bits per heavy atom. The molecule has 3 aromatic rings. The summed E-state index contributed by atoms with van der Waals surface area (Å²) in [7, 11) is 0. The zero-order valence-electron chi connectivity index (χ0n) is 18.0. The van der Waals surface area contributed by atoms with Gasteiger partial charge < -0.3 is 14.8 Å². The fourth-order valence-corrected chi connectivity index (χ4v) is 5.53. The van der Waals surface area contributed by atoms with E-state index in [4.69, 9.17) is 12.2 Å². The fraction of sp³-hybridized carbons (Fsp3) is 0.360. The van der Waals surface area contributed by atoms with Crippen LogP contribution in [0.1, 0.15) is 61.1 Å². The molecule has 2 aliphatic rings. The highest BCUT2D eigenvalue weighted by Gasteiger charge is 2.44. The van der Waals surface area contributed by atoms with Crippen molar-refractivity contribution in [3.63, 3.8) is 0 Å². The third-order valence-corrected chi connectivity index (χ3v) is 6.97. The van der Waals surface area contributed by atoms with Crippen molar-refractivity contribution in [2.45, 2.75) is 56.4 Å². The van der Waals surface area contributed by atoms with Gasteiger partial charge in [-0.2, -0.15) is 13.2 Å². The van der Waals surface area contributed by atoms with Gasteiger partial charge in [0.1, 0.15) is 0 Å². The van der Waals surface area contributed by atoms with Crippen LogP contribution in [0, 0.1) is 0 Å². The molecule has 172 valence electrons. The summed E-state index contributed by atoms with van der Waals surface area (Å²) in [5.74, 6) is 0. The summed E-state index contributed by atoms with van der Waals surface area (Å²) in [6.07, 6.45) is 4.81. The molecular formula is C25H25F3N4S. The van der Waals surface area contributed by atoms with Crippen LogP contribution in [0.3, 0.4) is 0 Å². The summed E-state index contributed by atoms with van der Waals surface area (Å²) >= 11 is 5.81. The predicted octanol–water partition coefficient (Wildman–Crippen LogP) is 6.20. The average molecular weight is 471 g/mol. The fourth-order valence-electron chi connectivity index (χ4n) is 5.14. The molecule has 0 spiro atoms. The molecule has 2 aromatic heterocycles. The summed E-state index contributed by atoms with van der Waals surface area (Å²) < 4.78 is 42.0. The second kappa shape index (κ2) is 8.82. The van der Waals surface area contributed by atoms with Crippen LogP contribution in [-0.4, -0.2) is 25.6 Å². The third kappa shape index (κ3) is 4.24. The number of hydrogen-bond donors (Lipinski definition) is 1. The quantitative estimate of drug-likeness (QED) is 0.461. The monoisotopic (exact) mass is 470 g/mol. The van der Waals surface area contributed by atoms with Gasteiger partial charge in [-0.1, -0.05) is 31.4 Å². The molecule has 1 aromatic carbocycles. The number of nitrogens with zero attached hydrogens (tertiary/aromatic N) is 3. The number of aromatic nitrogens is 2. The largest absolute Gasteiger partial charge is 0.416 e. The standard InChI is InChI=1S/C25H25F3N4S/c26-25(27,28)17-8-6-11-19(16-17)31-15-7-13-21(31)23-22(20-12-4-5-14-29-20)30-24(33)32(23)18-9-2-1-3-10-18/h4-8,11-16,18,22-23H,1-3,9-10H2,(H,30,33). The lowest BCUT2D eigenvalue weighted by molar-refractivity contribution is -0.137. The number of pyridine rings is 1. The normalized spacial score (nSPS) is 21.9. The number of hydrogen-bond acceptors (Lipinski definition) is 2. The van der Waals surface area contributed by atoms with Crippen LogP contribution in [0.2, 0.25) is 0 Å². The maximum Gasteiger partial charge on any atom is 0.416 e. The molecule has 2 fully saturated rings. The van der Waals surface area contributed by atoms with Crippen molar-refractivity contribution in [1.82, 2.24) is 19.8 Å². The summed E-state index contributed by atoms with van der Waals surface area (Å²) in [6.45, 7) is 0. The summed E-state index contributed by atoms with van der Waals surface area (Å²) in [5.41, 5.74) is 1.57. The molecule has 8 heteroatoms. The second-order valence-electron chi connectivity index (χ2n) is 8.68.